The van der Waals surface area contributed by atoms with Crippen LogP contribution in [-0.2, 0) is 4.74 Å². The second kappa shape index (κ2) is 5.82. The molecule has 0 amide bonds. The number of benzene rings is 1. The maximum absolute atomic E-state index is 5.95. The molecule has 18 heavy (non-hydrogen) atoms. The third kappa shape index (κ3) is 3.43. The van der Waals surface area contributed by atoms with E-state index in [-0.39, 0.29) is 5.60 Å². The summed E-state index contributed by atoms with van der Waals surface area (Å²) in [6.45, 7) is 4.64. The lowest BCUT2D eigenvalue weighted by Gasteiger charge is -2.24. The van der Waals surface area contributed by atoms with Crippen LogP contribution in [0.15, 0.2) is 12.1 Å². The van der Waals surface area contributed by atoms with E-state index < -0.39 is 0 Å². The Morgan fingerprint density at radius 3 is 2.17 bits per heavy atom. The number of nitrogen functional groups attached to an aromatic ring is 1. The molecule has 0 aromatic heterocycles. The average Bonchev–Trinajstić information content (AvgIpc) is 2.36. The first kappa shape index (κ1) is 14.4. The van der Waals surface area contributed by atoms with Gasteiger partial charge < -0.3 is 25.3 Å². The van der Waals surface area contributed by atoms with Crippen LogP contribution in [-0.4, -0.2) is 33.5 Å². The molecule has 0 heterocycles. The fraction of sp³-hybridized carbons (Fsp3) is 0.538. The molecule has 102 valence electrons. The molecule has 0 aliphatic rings. The van der Waals surface area contributed by atoms with Gasteiger partial charge in [-0.3, -0.25) is 0 Å². The number of nitrogens with two attached hydrogens (primary N) is 1. The Kier molecular flexibility index (Phi) is 4.67. The Balaban J connectivity index is 2.89. The van der Waals surface area contributed by atoms with E-state index in [1.165, 1.54) is 0 Å². The molecule has 0 spiro atoms. The monoisotopic (exact) mass is 254 g/mol. The van der Waals surface area contributed by atoms with Crippen LogP contribution >= 0.6 is 0 Å². The summed E-state index contributed by atoms with van der Waals surface area (Å²) < 4.78 is 15.8. The molecule has 1 rings (SSSR count). The number of hydrogen-bond donors (Lipinski definition) is 2. The molecule has 5 heteroatoms. The molecule has 0 unspecified atom stereocenters. The van der Waals surface area contributed by atoms with Crippen LogP contribution in [0.5, 0.6) is 11.5 Å². The SMILES string of the molecule is COc1cc(N)c(NCC(C)(C)OC)cc1OC. The van der Waals surface area contributed by atoms with Crippen LogP contribution in [0.25, 0.3) is 0 Å². The zero-order chi connectivity index (χ0) is 13.8. The van der Waals surface area contributed by atoms with Crippen molar-refractivity contribution in [2.75, 3.05) is 38.9 Å². The van der Waals surface area contributed by atoms with Crippen LogP contribution in [0.2, 0.25) is 0 Å². The molecular formula is C13H22N2O3. The summed E-state index contributed by atoms with van der Waals surface area (Å²) in [5.74, 6) is 1.26. The van der Waals surface area contributed by atoms with E-state index in [0.29, 0.717) is 23.7 Å². The summed E-state index contributed by atoms with van der Waals surface area (Å²) in [4.78, 5) is 0. The van der Waals surface area contributed by atoms with Crippen LogP contribution in [0.4, 0.5) is 11.4 Å². The number of methoxy groups -OCH3 is 3. The lowest BCUT2D eigenvalue weighted by Crippen LogP contribution is -2.32. The normalized spacial score (nSPS) is 11.2. The first-order valence-electron chi connectivity index (χ1n) is 5.74. The Morgan fingerprint density at radius 1 is 1.11 bits per heavy atom. The molecule has 0 radical (unpaired) electrons. The predicted molar refractivity (Wildman–Crippen MR) is 73.5 cm³/mol. The standard InChI is InChI=1S/C13H22N2O3/c1-13(2,18-5)8-15-10-7-12(17-4)11(16-3)6-9(10)14/h6-7,15H,8,14H2,1-5H3. The predicted octanol–water partition coefficient (Wildman–Crippen LogP) is 2.12. The highest BCUT2D eigenvalue weighted by molar-refractivity contribution is 5.72. The average molecular weight is 254 g/mol. The van der Waals surface area contributed by atoms with E-state index in [9.17, 15) is 0 Å². The second-order valence-corrected chi connectivity index (χ2v) is 4.61. The van der Waals surface area contributed by atoms with Gasteiger partial charge in [0, 0.05) is 25.8 Å². The van der Waals surface area contributed by atoms with Crippen molar-refractivity contribution in [2.45, 2.75) is 19.4 Å². The first-order valence-corrected chi connectivity index (χ1v) is 5.74. The zero-order valence-corrected chi connectivity index (χ0v) is 11.7. The lowest BCUT2D eigenvalue weighted by atomic mass is 10.1. The summed E-state index contributed by atoms with van der Waals surface area (Å²) in [6, 6.07) is 3.56. The summed E-state index contributed by atoms with van der Waals surface area (Å²) in [5, 5.41) is 3.24. The molecule has 0 fully saturated rings. The molecule has 5 nitrogen and oxygen atoms in total. The molecule has 0 bridgehead atoms. The van der Waals surface area contributed by atoms with Gasteiger partial charge in [0.15, 0.2) is 11.5 Å². The van der Waals surface area contributed by atoms with Gasteiger partial charge in [-0.15, -0.1) is 0 Å². The van der Waals surface area contributed by atoms with Crippen molar-refractivity contribution in [3.8, 4) is 11.5 Å². The van der Waals surface area contributed by atoms with Crippen molar-refractivity contribution in [1.82, 2.24) is 0 Å². The number of ether oxygens (including phenoxy) is 3. The van der Waals surface area contributed by atoms with Gasteiger partial charge in [-0.1, -0.05) is 0 Å². The van der Waals surface area contributed by atoms with Crippen LogP contribution in [0, 0.1) is 0 Å². The largest absolute Gasteiger partial charge is 0.493 e. The van der Waals surface area contributed by atoms with E-state index in [4.69, 9.17) is 19.9 Å². The van der Waals surface area contributed by atoms with E-state index in [2.05, 4.69) is 5.32 Å². The van der Waals surface area contributed by atoms with E-state index in [1.807, 2.05) is 19.9 Å². The maximum Gasteiger partial charge on any atom is 0.162 e. The Labute approximate surface area is 108 Å². The zero-order valence-electron chi connectivity index (χ0n) is 11.7. The van der Waals surface area contributed by atoms with Crippen LogP contribution in [0.3, 0.4) is 0 Å². The van der Waals surface area contributed by atoms with Gasteiger partial charge in [0.2, 0.25) is 0 Å². The van der Waals surface area contributed by atoms with Gasteiger partial charge >= 0.3 is 0 Å². The smallest absolute Gasteiger partial charge is 0.162 e. The van der Waals surface area contributed by atoms with Gasteiger partial charge in [0.1, 0.15) is 0 Å². The Morgan fingerprint density at radius 2 is 1.67 bits per heavy atom. The van der Waals surface area contributed by atoms with Crippen LogP contribution in [0.1, 0.15) is 13.8 Å². The fourth-order valence-corrected chi connectivity index (χ4v) is 1.43. The third-order valence-electron chi connectivity index (χ3n) is 2.81. The minimum Gasteiger partial charge on any atom is -0.493 e. The molecule has 0 aliphatic heterocycles. The fourth-order valence-electron chi connectivity index (χ4n) is 1.43. The summed E-state index contributed by atoms with van der Waals surface area (Å²) in [7, 11) is 4.86. The van der Waals surface area contributed by atoms with Crippen molar-refractivity contribution < 1.29 is 14.2 Å². The van der Waals surface area contributed by atoms with Gasteiger partial charge in [0.05, 0.1) is 31.2 Å². The highest BCUT2D eigenvalue weighted by atomic mass is 16.5. The van der Waals surface area contributed by atoms with Crippen molar-refractivity contribution in [3.05, 3.63) is 12.1 Å². The van der Waals surface area contributed by atoms with Gasteiger partial charge in [0.25, 0.3) is 0 Å². The molecule has 0 aliphatic carbocycles. The number of anilines is 2. The molecule has 3 N–H and O–H groups in total. The summed E-state index contributed by atoms with van der Waals surface area (Å²) in [5.41, 5.74) is 7.10. The number of nitrogens with one attached hydrogen (secondary N) is 1. The minimum atomic E-state index is -0.264. The van der Waals surface area contributed by atoms with Crippen molar-refractivity contribution in [1.29, 1.82) is 0 Å². The highest BCUT2D eigenvalue weighted by Gasteiger charge is 2.17. The number of rotatable bonds is 6. The quantitative estimate of drug-likeness (QED) is 0.761. The van der Waals surface area contributed by atoms with Gasteiger partial charge in [-0.25, -0.2) is 0 Å². The van der Waals surface area contributed by atoms with Crippen molar-refractivity contribution in [3.63, 3.8) is 0 Å². The van der Waals surface area contributed by atoms with Crippen LogP contribution < -0.4 is 20.5 Å². The summed E-state index contributed by atoms with van der Waals surface area (Å²) >= 11 is 0. The van der Waals surface area contributed by atoms with Gasteiger partial charge in [-0.2, -0.15) is 0 Å². The third-order valence-corrected chi connectivity index (χ3v) is 2.81. The molecule has 1 aromatic carbocycles. The highest BCUT2D eigenvalue weighted by Crippen LogP contribution is 2.34. The van der Waals surface area contributed by atoms with Gasteiger partial charge in [-0.05, 0) is 13.8 Å². The molecule has 0 saturated carbocycles. The van der Waals surface area contributed by atoms with E-state index in [1.54, 1.807) is 27.4 Å². The summed E-state index contributed by atoms with van der Waals surface area (Å²) in [6.07, 6.45) is 0. The first-order chi connectivity index (χ1) is 8.43. The van der Waals surface area contributed by atoms with E-state index >= 15 is 0 Å². The van der Waals surface area contributed by atoms with E-state index in [0.717, 1.165) is 5.69 Å². The maximum atomic E-state index is 5.95. The topological polar surface area (TPSA) is 65.7 Å². The molecule has 0 atom stereocenters. The molecule has 1 aromatic rings. The Hall–Kier alpha value is -1.62. The number of hydrogen-bond acceptors (Lipinski definition) is 5. The molecule has 0 saturated heterocycles. The second-order valence-electron chi connectivity index (χ2n) is 4.61. The van der Waals surface area contributed by atoms with Crippen molar-refractivity contribution in [2.24, 2.45) is 0 Å². The Bertz CT molecular complexity index is 405. The molecular weight excluding hydrogens is 232 g/mol. The van der Waals surface area contributed by atoms with Crippen molar-refractivity contribution >= 4 is 11.4 Å². The minimum absolute atomic E-state index is 0.264. The lowest BCUT2D eigenvalue weighted by molar-refractivity contribution is 0.0344.